The van der Waals surface area contributed by atoms with Crippen molar-refractivity contribution < 1.29 is 19.0 Å². The standard InChI is InChI=1S/C23H26N2O4/c1-3-28-20-8-7-18-10-11-25(16-19(18)14-20)23(26)5-4-12-29-21-9-6-17(15-24)13-22(21)27-2/h6-9,13-14H,3-5,10-12,16H2,1-2H3. The Bertz CT molecular complexity index is 904. The molecular formula is C23H26N2O4. The second-order valence-electron chi connectivity index (χ2n) is 6.86. The first-order chi connectivity index (χ1) is 14.1. The molecule has 1 amide bonds. The Balaban J connectivity index is 1.49. The van der Waals surface area contributed by atoms with E-state index in [0.717, 1.165) is 24.3 Å². The Morgan fingerprint density at radius 2 is 2.00 bits per heavy atom. The van der Waals surface area contributed by atoms with Gasteiger partial charge in [0, 0.05) is 25.6 Å². The van der Waals surface area contributed by atoms with Gasteiger partial charge in [0.2, 0.25) is 5.91 Å². The van der Waals surface area contributed by atoms with Crippen LogP contribution in [0, 0.1) is 11.3 Å². The highest BCUT2D eigenvalue weighted by atomic mass is 16.5. The molecule has 0 bridgehead atoms. The zero-order valence-corrected chi connectivity index (χ0v) is 16.9. The van der Waals surface area contributed by atoms with Crippen LogP contribution in [0.1, 0.15) is 36.5 Å². The van der Waals surface area contributed by atoms with Gasteiger partial charge in [0.05, 0.1) is 32.0 Å². The van der Waals surface area contributed by atoms with Crippen LogP contribution in [-0.2, 0) is 17.8 Å². The van der Waals surface area contributed by atoms with Crippen LogP contribution in [0.4, 0.5) is 0 Å². The van der Waals surface area contributed by atoms with Crippen molar-refractivity contribution in [3.63, 3.8) is 0 Å². The van der Waals surface area contributed by atoms with Gasteiger partial charge in [0.15, 0.2) is 11.5 Å². The van der Waals surface area contributed by atoms with Crippen LogP contribution in [0.3, 0.4) is 0 Å². The molecule has 29 heavy (non-hydrogen) atoms. The number of amides is 1. The van der Waals surface area contributed by atoms with Crippen molar-refractivity contribution in [2.24, 2.45) is 0 Å². The van der Waals surface area contributed by atoms with Crippen LogP contribution in [0.2, 0.25) is 0 Å². The molecule has 0 radical (unpaired) electrons. The minimum Gasteiger partial charge on any atom is -0.494 e. The summed E-state index contributed by atoms with van der Waals surface area (Å²) in [6.07, 6.45) is 1.91. The first kappa shape index (κ1) is 20.5. The summed E-state index contributed by atoms with van der Waals surface area (Å²) < 4.78 is 16.6. The normalized spacial score (nSPS) is 12.7. The Kier molecular flexibility index (Phi) is 6.96. The summed E-state index contributed by atoms with van der Waals surface area (Å²) in [5.74, 6) is 2.08. The maximum atomic E-state index is 12.6. The van der Waals surface area contributed by atoms with E-state index >= 15 is 0 Å². The summed E-state index contributed by atoms with van der Waals surface area (Å²) >= 11 is 0. The highest BCUT2D eigenvalue weighted by Gasteiger charge is 2.21. The van der Waals surface area contributed by atoms with Crippen molar-refractivity contribution in [1.82, 2.24) is 4.90 Å². The van der Waals surface area contributed by atoms with Gasteiger partial charge in [-0.3, -0.25) is 4.79 Å². The number of hydrogen-bond donors (Lipinski definition) is 0. The molecule has 0 spiro atoms. The smallest absolute Gasteiger partial charge is 0.223 e. The lowest BCUT2D eigenvalue weighted by Gasteiger charge is -2.29. The Labute approximate surface area is 171 Å². The second kappa shape index (κ2) is 9.83. The van der Waals surface area contributed by atoms with E-state index in [4.69, 9.17) is 19.5 Å². The molecule has 0 aromatic heterocycles. The number of hydrogen-bond acceptors (Lipinski definition) is 5. The zero-order valence-electron chi connectivity index (χ0n) is 16.9. The van der Waals surface area contributed by atoms with Crippen LogP contribution in [0.15, 0.2) is 36.4 Å². The molecule has 2 aromatic rings. The lowest BCUT2D eigenvalue weighted by molar-refractivity contribution is -0.132. The summed E-state index contributed by atoms with van der Waals surface area (Å²) in [5, 5.41) is 8.96. The maximum Gasteiger partial charge on any atom is 0.223 e. The summed E-state index contributed by atoms with van der Waals surface area (Å²) in [5.41, 5.74) is 2.96. The van der Waals surface area contributed by atoms with E-state index in [-0.39, 0.29) is 5.91 Å². The van der Waals surface area contributed by atoms with Gasteiger partial charge in [0.25, 0.3) is 0 Å². The van der Waals surface area contributed by atoms with Crippen LogP contribution < -0.4 is 14.2 Å². The van der Waals surface area contributed by atoms with E-state index < -0.39 is 0 Å². The van der Waals surface area contributed by atoms with Crippen molar-refractivity contribution in [2.45, 2.75) is 32.7 Å². The molecule has 0 N–H and O–H groups in total. The molecule has 0 atom stereocenters. The number of methoxy groups -OCH3 is 1. The minimum atomic E-state index is 0.132. The Morgan fingerprint density at radius 3 is 2.76 bits per heavy atom. The second-order valence-corrected chi connectivity index (χ2v) is 6.86. The molecule has 0 saturated heterocycles. The number of fused-ring (bicyclic) bond motifs is 1. The van der Waals surface area contributed by atoms with Crippen molar-refractivity contribution in [1.29, 1.82) is 5.26 Å². The third-order valence-electron chi connectivity index (χ3n) is 4.94. The molecule has 6 nitrogen and oxygen atoms in total. The van der Waals surface area contributed by atoms with Gasteiger partial charge in [-0.15, -0.1) is 0 Å². The van der Waals surface area contributed by atoms with Gasteiger partial charge in [-0.1, -0.05) is 6.07 Å². The molecule has 1 heterocycles. The van der Waals surface area contributed by atoms with E-state index in [2.05, 4.69) is 12.1 Å². The number of carbonyl (C=O) groups is 1. The van der Waals surface area contributed by atoms with Gasteiger partial charge >= 0.3 is 0 Å². The molecule has 1 aliphatic rings. The molecule has 1 aliphatic heterocycles. The van der Waals surface area contributed by atoms with Crippen LogP contribution in [0.5, 0.6) is 17.2 Å². The topological polar surface area (TPSA) is 71.8 Å². The van der Waals surface area contributed by atoms with Gasteiger partial charge in [-0.05, 0) is 55.2 Å². The Hall–Kier alpha value is -3.20. The lowest BCUT2D eigenvalue weighted by atomic mass is 9.99. The first-order valence-corrected chi connectivity index (χ1v) is 9.88. The lowest BCUT2D eigenvalue weighted by Crippen LogP contribution is -2.36. The number of carbonyl (C=O) groups excluding carboxylic acids is 1. The van der Waals surface area contributed by atoms with Gasteiger partial charge in [-0.2, -0.15) is 5.26 Å². The number of nitrogens with zero attached hydrogens (tertiary/aromatic N) is 2. The number of benzene rings is 2. The molecule has 0 unspecified atom stereocenters. The van der Waals surface area contributed by atoms with Crippen molar-refractivity contribution >= 4 is 5.91 Å². The monoisotopic (exact) mass is 394 g/mol. The Morgan fingerprint density at radius 1 is 1.14 bits per heavy atom. The van der Waals surface area contributed by atoms with Crippen LogP contribution >= 0.6 is 0 Å². The summed E-state index contributed by atoms with van der Waals surface area (Å²) in [6.45, 7) is 4.37. The van der Waals surface area contributed by atoms with Crippen LogP contribution in [-0.4, -0.2) is 37.7 Å². The molecule has 3 rings (SSSR count). The van der Waals surface area contributed by atoms with Crippen molar-refractivity contribution in [2.75, 3.05) is 26.9 Å². The van der Waals surface area contributed by atoms with Crippen molar-refractivity contribution in [3.8, 4) is 23.3 Å². The highest BCUT2D eigenvalue weighted by molar-refractivity contribution is 5.76. The fourth-order valence-corrected chi connectivity index (χ4v) is 3.42. The van der Waals surface area contributed by atoms with E-state index in [1.807, 2.05) is 24.0 Å². The largest absolute Gasteiger partial charge is 0.494 e. The van der Waals surface area contributed by atoms with E-state index in [9.17, 15) is 4.79 Å². The first-order valence-electron chi connectivity index (χ1n) is 9.88. The molecule has 2 aromatic carbocycles. The molecule has 0 aliphatic carbocycles. The van der Waals surface area contributed by atoms with Gasteiger partial charge < -0.3 is 19.1 Å². The molecule has 0 fully saturated rings. The number of ether oxygens (including phenoxy) is 3. The summed E-state index contributed by atoms with van der Waals surface area (Å²) in [6, 6.07) is 13.2. The SMILES string of the molecule is CCOc1ccc2c(c1)CN(C(=O)CCCOc1ccc(C#N)cc1OC)CC2. The summed E-state index contributed by atoms with van der Waals surface area (Å²) in [4.78, 5) is 14.5. The van der Waals surface area contributed by atoms with E-state index in [1.165, 1.54) is 12.7 Å². The third kappa shape index (κ3) is 5.20. The predicted molar refractivity (Wildman–Crippen MR) is 109 cm³/mol. The van der Waals surface area contributed by atoms with Crippen molar-refractivity contribution in [3.05, 3.63) is 53.1 Å². The van der Waals surface area contributed by atoms with E-state index in [0.29, 0.717) is 49.7 Å². The number of nitriles is 1. The van der Waals surface area contributed by atoms with E-state index in [1.54, 1.807) is 18.2 Å². The third-order valence-corrected chi connectivity index (χ3v) is 4.94. The molecule has 152 valence electrons. The average Bonchev–Trinajstić information content (AvgIpc) is 2.76. The van der Waals surface area contributed by atoms with Gasteiger partial charge in [0.1, 0.15) is 5.75 Å². The zero-order chi connectivity index (χ0) is 20.6. The predicted octanol–water partition coefficient (Wildman–Crippen LogP) is 3.71. The molecule has 0 saturated carbocycles. The fraction of sp³-hybridized carbons (Fsp3) is 0.391. The molecular weight excluding hydrogens is 368 g/mol. The molecule has 6 heteroatoms. The fourth-order valence-electron chi connectivity index (χ4n) is 3.42. The minimum absolute atomic E-state index is 0.132. The van der Waals surface area contributed by atoms with Gasteiger partial charge in [-0.25, -0.2) is 0 Å². The van der Waals surface area contributed by atoms with Crippen LogP contribution in [0.25, 0.3) is 0 Å². The number of rotatable bonds is 8. The summed E-state index contributed by atoms with van der Waals surface area (Å²) in [7, 11) is 1.54. The average molecular weight is 394 g/mol. The quantitative estimate of drug-likeness (QED) is 0.638. The highest BCUT2D eigenvalue weighted by Crippen LogP contribution is 2.28. The maximum absolute atomic E-state index is 12.6.